The van der Waals surface area contributed by atoms with Crippen LogP contribution in [-0.2, 0) is 24.1 Å². The summed E-state index contributed by atoms with van der Waals surface area (Å²) in [5.41, 5.74) is 7.01. The molecule has 0 aliphatic heterocycles. The highest BCUT2D eigenvalue weighted by molar-refractivity contribution is 7.11. The van der Waals surface area contributed by atoms with E-state index in [4.69, 9.17) is 5.73 Å². The van der Waals surface area contributed by atoms with Gasteiger partial charge < -0.3 is 11.1 Å². The molecule has 4 nitrogen and oxygen atoms in total. The first kappa shape index (κ1) is 21.9. The zero-order valence-electron chi connectivity index (χ0n) is 13.0. The fraction of sp³-hybridized carbons (Fsp3) is 0.375. The lowest BCUT2D eigenvalue weighted by molar-refractivity contribution is -0.122. The number of rotatable bonds is 7. The van der Waals surface area contributed by atoms with Gasteiger partial charge in [-0.1, -0.05) is 37.3 Å². The fourth-order valence-corrected chi connectivity index (χ4v) is 2.87. The Kier molecular flexibility index (Phi) is 10.8. The SMILES string of the molecule is CCc1cnc(CCNC(=O)C(N)Cc2ccccc2)s1.Cl.Cl. The first-order valence-electron chi connectivity index (χ1n) is 7.20. The van der Waals surface area contributed by atoms with Crippen LogP contribution in [0.4, 0.5) is 0 Å². The summed E-state index contributed by atoms with van der Waals surface area (Å²) in [6.07, 6.45) is 4.23. The quantitative estimate of drug-likeness (QED) is 0.781. The third-order valence-electron chi connectivity index (χ3n) is 3.22. The fourth-order valence-electron chi connectivity index (χ4n) is 2.01. The van der Waals surface area contributed by atoms with Crippen molar-refractivity contribution in [3.8, 4) is 0 Å². The van der Waals surface area contributed by atoms with E-state index in [-0.39, 0.29) is 30.7 Å². The Hall–Kier alpha value is -1.14. The number of benzene rings is 1. The number of nitrogens with one attached hydrogen (secondary N) is 1. The molecule has 0 aliphatic carbocycles. The van der Waals surface area contributed by atoms with Crippen LogP contribution < -0.4 is 11.1 Å². The van der Waals surface area contributed by atoms with Crippen LogP contribution in [0.25, 0.3) is 0 Å². The van der Waals surface area contributed by atoms with Crippen LogP contribution in [-0.4, -0.2) is 23.5 Å². The second-order valence-electron chi connectivity index (χ2n) is 4.91. The van der Waals surface area contributed by atoms with E-state index in [1.807, 2.05) is 36.5 Å². The van der Waals surface area contributed by atoms with Gasteiger partial charge in [0.2, 0.25) is 5.91 Å². The van der Waals surface area contributed by atoms with E-state index in [1.165, 1.54) is 4.88 Å². The van der Waals surface area contributed by atoms with E-state index in [9.17, 15) is 4.79 Å². The molecular formula is C16H23Cl2N3OS. The molecule has 7 heteroatoms. The summed E-state index contributed by atoms with van der Waals surface area (Å²) in [5, 5.41) is 3.94. The maximum Gasteiger partial charge on any atom is 0.237 e. The van der Waals surface area contributed by atoms with Gasteiger partial charge in [-0.05, 0) is 18.4 Å². The van der Waals surface area contributed by atoms with Gasteiger partial charge >= 0.3 is 0 Å². The molecule has 1 aromatic heterocycles. The van der Waals surface area contributed by atoms with Crippen molar-refractivity contribution in [1.82, 2.24) is 10.3 Å². The molecule has 0 bridgehead atoms. The van der Waals surface area contributed by atoms with Crippen molar-refractivity contribution < 1.29 is 4.79 Å². The maximum atomic E-state index is 11.9. The van der Waals surface area contributed by atoms with E-state index < -0.39 is 6.04 Å². The molecule has 0 saturated heterocycles. The monoisotopic (exact) mass is 375 g/mol. The molecule has 1 atom stereocenters. The molecule has 1 amide bonds. The number of halogens is 2. The lowest BCUT2D eigenvalue weighted by Gasteiger charge is -2.11. The van der Waals surface area contributed by atoms with Gasteiger partial charge in [-0.2, -0.15) is 0 Å². The molecule has 0 saturated carbocycles. The molecule has 128 valence electrons. The smallest absolute Gasteiger partial charge is 0.237 e. The predicted molar refractivity (Wildman–Crippen MR) is 101 cm³/mol. The highest BCUT2D eigenvalue weighted by atomic mass is 35.5. The second-order valence-corrected chi connectivity index (χ2v) is 6.11. The van der Waals surface area contributed by atoms with Crippen molar-refractivity contribution in [2.75, 3.05) is 6.54 Å². The molecule has 1 unspecified atom stereocenters. The lowest BCUT2D eigenvalue weighted by Crippen LogP contribution is -2.42. The molecular weight excluding hydrogens is 353 g/mol. The minimum Gasteiger partial charge on any atom is -0.354 e. The van der Waals surface area contributed by atoms with E-state index >= 15 is 0 Å². The van der Waals surface area contributed by atoms with Gasteiger partial charge in [0.15, 0.2) is 0 Å². The van der Waals surface area contributed by atoms with Crippen molar-refractivity contribution in [2.24, 2.45) is 5.73 Å². The third-order valence-corrected chi connectivity index (χ3v) is 4.42. The first-order chi connectivity index (χ1) is 10.2. The standard InChI is InChI=1S/C16H21N3OS.2ClH/c1-2-13-11-19-15(21-13)8-9-18-16(20)14(17)10-12-6-4-3-5-7-12;;/h3-7,11,14H,2,8-10,17H2,1H3,(H,18,20);2*1H. The summed E-state index contributed by atoms with van der Waals surface area (Å²) in [7, 11) is 0. The van der Waals surface area contributed by atoms with E-state index in [1.54, 1.807) is 11.3 Å². The maximum absolute atomic E-state index is 11.9. The summed E-state index contributed by atoms with van der Waals surface area (Å²) in [6, 6.07) is 9.31. The molecule has 0 fully saturated rings. The van der Waals surface area contributed by atoms with E-state index in [0.29, 0.717) is 13.0 Å². The molecule has 1 heterocycles. The van der Waals surface area contributed by atoms with Gasteiger partial charge in [0.05, 0.1) is 11.0 Å². The lowest BCUT2D eigenvalue weighted by atomic mass is 10.1. The van der Waals surface area contributed by atoms with Crippen LogP contribution in [0.3, 0.4) is 0 Å². The van der Waals surface area contributed by atoms with Crippen LogP contribution in [0.15, 0.2) is 36.5 Å². The van der Waals surface area contributed by atoms with Crippen LogP contribution in [0, 0.1) is 0 Å². The average molecular weight is 376 g/mol. The molecule has 0 aliphatic rings. The number of amides is 1. The van der Waals surface area contributed by atoms with Crippen molar-refractivity contribution in [3.63, 3.8) is 0 Å². The van der Waals surface area contributed by atoms with Gasteiger partial charge in [-0.25, -0.2) is 4.98 Å². The summed E-state index contributed by atoms with van der Waals surface area (Å²) in [4.78, 5) is 17.6. The van der Waals surface area contributed by atoms with Gasteiger partial charge in [0.25, 0.3) is 0 Å². The Morgan fingerprint density at radius 3 is 2.61 bits per heavy atom. The number of carbonyl (C=O) groups excluding carboxylic acids is 1. The molecule has 2 rings (SSSR count). The predicted octanol–water partition coefficient (Wildman–Crippen LogP) is 2.78. The second kappa shape index (κ2) is 11.4. The highest BCUT2D eigenvalue weighted by Gasteiger charge is 2.13. The number of aryl methyl sites for hydroxylation is 1. The van der Waals surface area contributed by atoms with Crippen molar-refractivity contribution in [2.45, 2.75) is 32.2 Å². The summed E-state index contributed by atoms with van der Waals surface area (Å²) in [5.74, 6) is -0.105. The molecule has 0 radical (unpaired) electrons. The Morgan fingerprint density at radius 2 is 2.00 bits per heavy atom. The van der Waals surface area contributed by atoms with Gasteiger partial charge in [-0.15, -0.1) is 36.2 Å². The minimum atomic E-state index is -0.505. The number of aromatic nitrogens is 1. The number of hydrogen-bond acceptors (Lipinski definition) is 4. The Morgan fingerprint density at radius 1 is 1.30 bits per heavy atom. The molecule has 2 aromatic rings. The number of nitrogens with two attached hydrogens (primary N) is 1. The van der Waals surface area contributed by atoms with E-state index in [2.05, 4.69) is 17.2 Å². The largest absolute Gasteiger partial charge is 0.354 e. The van der Waals surface area contributed by atoms with E-state index in [0.717, 1.165) is 23.4 Å². The van der Waals surface area contributed by atoms with Gasteiger partial charge in [-0.3, -0.25) is 4.79 Å². The Balaban J connectivity index is 0.00000242. The number of hydrogen-bond donors (Lipinski definition) is 2. The average Bonchev–Trinajstić information content (AvgIpc) is 2.96. The Bertz CT molecular complexity index is 578. The summed E-state index contributed by atoms with van der Waals surface area (Å²) in [6.45, 7) is 2.69. The zero-order valence-corrected chi connectivity index (χ0v) is 15.5. The van der Waals surface area contributed by atoms with Crippen LogP contribution in [0.2, 0.25) is 0 Å². The van der Waals surface area contributed by atoms with Crippen molar-refractivity contribution in [1.29, 1.82) is 0 Å². The number of thiazole rings is 1. The Labute approximate surface area is 153 Å². The van der Waals surface area contributed by atoms with Gasteiger partial charge in [0.1, 0.15) is 0 Å². The number of nitrogens with zero attached hydrogens (tertiary/aromatic N) is 1. The van der Waals surface area contributed by atoms with Crippen LogP contribution in [0.5, 0.6) is 0 Å². The highest BCUT2D eigenvalue weighted by Crippen LogP contribution is 2.13. The summed E-state index contributed by atoms with van der Waals surface area (Å²) < 4.78 is 0. The number of carbonyl (C=O) groups is 1. The normalized spacial score (nSPS) is 11.0. The third kappa shape index (κ3) is 7.31. The first-order valence-corrected chi connectivity index (χ1v) is 8.01. The van der Waals surface area contributed by atoms with Gasteiger partial charge in [0, 0.05) is 24.0 Å². The van der Waals surface area contributed by atoms with Crippen molar-refractivity contribution in [3.05, 3.63) is 52.0 Å². The summed E-state index contributed by atoms with van der Waals surface area (Å²) >= 11 is 1.70. The van der Waals surface area contributed by atoms with Crippen LogP contribution >= 0.6 is 36.2 Å². The zero-order chi connectivity index (χ0) is 15.1. The van der Waals surface area contributed by atoms with Crippen LogP contribution in [0.1, 0.15) is 22.4 Å². The minimum absolute atomic E-state index is 0. The molecule has 23 heavy (non-hydrogen) atoms. The molecule has 1 aromatic carbocycles. The molecule has 0 spiro atoms. The molecule has 3 N–H and O–H groups in total. The topological polar surface area (TPSA) is 68.0 Å². The van der Waals surface area contributed by atoms with Crippen molar-refractivity contribution >= 4 is 42.1 Å².